The third kappa shape index (κ3) is 2.54. The molecule has 3 heterocycles. The fourth-order valence-electron chi connectivity index (χ4n) is 3.20. The van der Waals surface area contributed by atoms with E-state index in [4.69, 9.17) is 0 Å². The Bertz CT molecular complexity index is 653. The molecule has 1 aliphatic heterocycles. The van der Waals surface area contributed by atoms with Gasteiger partial charge in [0.15, 0.2) is 5.82 Å². The average Bonchev–Trinajstić information content (AvgIpc) is 2.94. The highest BCUT2D eigenvalue weighted by Gasteiger charge is 2.31. The predicted octanol–water partition coefficient (Wildman–Crippen LogP) is 1.08. The fraction of sp³-hybridized carbons (Fsp3) is 0.500. The summed E-state index contributed by atoms with van der Waals surface area (Å²) in [7, 11) is 2.14. The maximum Gasteiger partial charge on any atom is 0.151 e. The summed E-state index contributed by atoms with van der Waals surface area (Å²) in [5.41, 5.74) is 3.60. The zero-order valence-electron chi connectivity index (χ0n) is 12.8. The molecule has 6 nitrogen and oxygen atoms in total. The van der Waals surface area contributed by atoms with Gasteiger partial charge in [-0.3, -0.25) is 4.90 Å². The van der Waals surface area contributed by atoms with E-state index >= 15 is 0 Å². The van der Waals surface area contributed by atoms with Gasteiger partial charge >= 0.3 is 0 Å². The summed E-state index contributed by atoms with van der Waals surface area (Å²) < 4.78 is 0. The van der Waals surface area contributed by atoms with Gasteiger partial charge in [0.25, 0.3) is 0 Å². The molecule has 0 amide bonds. The average molecular weight is 296 g/mol. The third-order valence-corrected chi connectivity index (χ3v) is 4.66. The van der Waals surface area contributed by atoms with Crippen LogP contribution in [0.25, 0.3) is 0 Å². The molecule has 0 bridgehead atoms. The lowest BCUT2D eigenvalue weighted by atomic mass is 10.1. The second-order valence-electron chi connectivity index (χ2n) is 6.22. The molecule has 2 aromatic heterocycles. The molecule has 6 heteroatoms. The number of anilines is 1. The van der Waals surface area contributed by atoms with Crippen molar-refractivity contribution < 1.29 is 0 Å². The third-order valence-electron chi connectivity index (χ3n) is 4.66. The van der Waals surface area contributed by atoms with Crippen molar-refractivity contribution in [3.05, 3.63) is 41.3 Å². The molecule has 0 spiro atoms. The molecule has 1 fully saturated rings. The molecule has 0 saturated carbocycles. The van der Waals surface area contributed by atoms with E-state index in [1.54, 1.807) is 6.20 Å². The summed E-state index contributed by atoms with van der Waals surface area (Å²) in [6, 6.07) is 6.72. The molecule has 4 rings (SSSR count). The summed E-state index contributed by atoms with van der Waals surface area (Å²) in [6.07, 6.45) is 5.17. The minimum atomic E-state index is 0.539. The number of rotatable bonds is 4. The largest absolute Gasteiger partial charge is 0.352 e. The summed E-state index contributed by atoms with van der Waals surface area (Å²) in [6.45, 7) is 2.84. The zero-order valence-corrected chi connectivity index (χ0v) is 12.8. The molecule has 0 radical (unpaired) electrons. The van der Waals surface area contributed by atoms with Gasteiger partial charge in [0.05, 0.1) is 11.4 Å². The maximum atomic E-state index is 4.39. The van der Waals surface area contributed by atoms with Crippen LogP contribution < -0.4 is 4.90 Å². The van der Waals surface area contributed by atoms with E-state index in [-0.39, 0.29) is 0 Å². The quantitative estimate of drug-likeness (QED) is 0.841. The van der Waals surface area contributed by atoms with Crippen LogP contribution in [0.5, 0.6) is 0 Å². The van der Waals surface area contributed by atoms with Crippen LogP contribution in [0.2, 0.25) is 0 Å². The Balaban J connectivity index is 1.35. The van der Waals surface area contributed by atoms with Crippen LogP contribution in [0.1, 0.15) is 23.4 Å². The van der Waals surface area contributed by atoms with E-state index in [1.807, 2.05) is 12.1 Å². The van der Waals surface area contributed by atoms with E-state index < -0.39 is 0 Å². The first-order valence-corrected chi connectivity index (χ1v) is 7.87. The lowest BCUT2D eigenvalue weighted by molar-refractivity contribution is 0.194. The molecule has 22 heavy (non-hydrogen) atoms. The van der Waals surface area contributed by atoms with E-state index in [2.05, 4.69) is 43.3 Å². The van der Waals surface area contributed by atoms with Crippen LogP contribution in [-0.4, -0.2) is 51.5 Å². The molecule has 0 N–H and O–H groups in total. The van der Waals surface area contributed by atoms with Crippen LogP contribution >= 0.6 is 0 Å². The predicted molar refractivity (Wildman–Crippen MR) is 83.6 cm³/mol. The number of aromatic nitrogens is 4. The molecular formula is C16H20N6. The van der Waals surface area contributed by atoms with E-state index in [0.29, 0.717) is 6.04 Å². The van der Waals surface area contributed by atoms with Gasteiger partial charge in [-0.2, -0.15) is 15.3 Å². The number of hydrogen-bond acceptors (Lipinski definition) is 6. The van der Waals surface area contributed by atoms with Crippen molar-refractivity contribution in [2.75, 3.05) is 25.0 Å². The Labute approximate surface area is 130 Å². The summed E-state index contributed by atoms with van der Waals surface area (Å²) in [4.78, 5) is 4.64. The maximum absolute atomic E-state index is 4.39. The molecular weight excluding hydrogens is 276 g/mol. The molecule has 114 valence electrons. The zero-order chi connectivity index (χ0) is 14.9. The summed E-state index contributed by atoms with van der Waals surface area (Å²) >= 11 is 0. The SMILES string of the molecule is CN(Cc1cccnn1)C1CN(c2cc3c(nn2)CCC3)C1. The normalized spacial score (nSPS) is 17.6. The molecule has 0 atom stereocenters. The molecule has 0 aromatic carbocycles. The van der Waals surface area contributed by atoms with Gasteiger partial charge in [0, 0.05) is 31.9 Å². The van der Waals surface area contributed by atoms with Crippen molar-refractivity contribution in [2.45, 2.75) is 31.8 Å². The second-order valence-corrected chi connectivity index (χ2v) is 6.22. The number of fused-ring (bicyclic) bond motifs is 1. The highest BCUT2D eigenvalue weighted by atomic mass is 15.4. The lowest BCUT2D eigenvalue weighted by Gasteiger charge is -2.44. The van der Waals surface area contributed by atoms with Crippen molar-refractivity contribution in [2.24, 2.45) is 0 Å². The van der Waals surface area contributed by atoms with Crippen molar-refractivity contribution in [3.63, 3.8) is 0 Å². The number of aryl methyl sites for hydroxylation is 2. The van der Waals surface area contributed by atoms with Gasteiger partial charge < -0.3 is 4.90 Å². The topological polar surface area (TPSA) is 58.0 Å². The monoisotopic (exact) mass is 296 g/mol. The van der Waals surface area contributed by atoms with Gasteiger partial charge in [-0.25, -0.2) is 0 Å². The smallest absolute Gasteiger partial charge is 0.151 e. The van der Waals surface area contributed by atoms with Gasteiger partial charge in [-0.05, 0) is 50.1 Å². The number of hydrogen-bond donors (Lipinski definition) is 0. The van der Waals surface area contributed by atoms with Crippen LogP contribution in [0, 0.1) is 0 Å². The Morgan fingerprint density at radius 1 is 1.23 bits per heavy atom. The van der Waals surface area contributed by atoms with Crippen LogP contribution in [-0.2, 0) is 19.4 Å². The molecule has 2 aromatic rings. The minimum Gasteiger partial charge on any atom is -0.352 e. The molecule has 1 saturated heterocycles. The molecule has 2 aliphatic rings. The number of likely N-dealkylation sites (N-methyl/N-ethyl adjacent to an activating group) is 1. The van der Waals surface area contributed by atoms with Crippen LogP contribution in [0.15, 0.2) is 24.4 Å². The van der Waals surface area contributed by atoms with Gasteiger partial charge in [-0.1, -0.05) is 0 Å². The Kier molecular flexibility index (Phi) is 3.46. The van der Waals surface area contributed by atoms with Crippen molar-refractivity contribution >= 4 is 5.82 Å². The van der Waals surface area contributed by atoms with E-state index in [9.17, 15) is 0 Å². The van der Waals surface area contributed by atoms with Crippen LogP contribution in [0.4, 0.5) is 5.82 Å². The Morgan fingerprint density at radius 2 is 2.14 bits per heavy atom. The van der Waals surface area contributed by atoms with Gasteiger partial charge in [-0.15, -0.1) is 5.10 Å². The van der Waals surface area contributed by atoms with Crippen LogP contribution in [0.3, 0.4) is 0 Å². The number of nitrogens with zero attached hydrogens (tertiary/aromatic N) is 6. The standard InChI is InChI=1S/C16H20N6/c1-21(9-13-5-3-7-17-18-13)14-10-22(11-14)16-8-12-4-2-6-15(12)19-20-16/h3,5,7-8,14H,2,4,6,9-11H2,1H3. The first kappa shape index (κ1) is 13.6. The Morgan fingerprint density at radius 3 is 2.95 bits per heavy atom. The van der Waals surface area contributed by atoms with E-state index in [0.717, 1.165) is 44.0 Å². The first-order chi connectivity index (χ1) is 10.8. The summed E-state index contributed by atoms with van der Waals surface area (Å²) in [5, 5.41) is 16.8. The summed E-state index contributed by atoms with van der Waals surface area (Å²) in [5.74, 6) is 1.03. The highest BCUT2D eigenvalue weighted by molar-refractivity contribution is 5.45. The van der Waals surface area contributed by atoms with Crippen molar-refractivity contribution in [1.82, 2.24) is 25.3 Å². The minimum absolute atomic E-state index is 0.539. The molecule has 0 unspecified atom stereocenters. The lowest BCUT2D eigenvalue weighted by Crippen LogP contribution is -2.58. The second kappa shape index (κ2) is 5.61. The van der Waals surface area contributed by atoms with E-state index in [1.165, 1.54) is 17.7 Å². The van der Waals surface area contributed by atoms with Crippen molar-refractivity contribution in [3.8, 4) is 0 Å². The van der Waals surface area contributed by atoms with Gasteiger partial charge in [0.2, 0.25) is 0 Å². The molecule has 1 aliphatic carbocycles. The fourth-order valence-corrected chi connectivity index (χ4v) is 3.20. The first-order valence-electron chi connectivity index (χ1n) is 7.87. The Hall–Kier alpha value is -2.08. The highest BCUT2D eigenvalue weighted by Crippen LogP contribution is 2.26. The van der Waals surface area contributed by atoms with Gasteiger partial charge in [0.1, 0.15) is 0 Å². The van der Waals surface area contributed by atoms with Crippen molar-refractivity contribution in [1.29, 1.82) is 0 Å².